The molecule has 2 nitrogen and oxygen atoms in total. The number of unbranched alkanes of at least 4 members (excludes halogenated alkanes) is 1. The minimum absolute atomic E-state index is 0.119. The number of hydrogen-bond donors (Lipinski definition) is 0. The third-order valence-corrected chi connectivity index (χ3v) is 7.64. The van der Waals surface area contributed by atoms with Gasteiger partial charge >= 0.3 is 0 Å². The van der Waals surface area contributed by atoms with Crippen molar-refractivity contribution in [3.63, 3.8) is 0 Å². The van der Waals surface area contributed by atoms with Gasteiger partial charge in [0.05, 0.1) is 0 Å². The molecule has 1 saturated carbocycles. The van der Waals surface area contributed by atoms with Gasteiger partial charge in [0.15, 0.2) is 0 Å². The van der Waals surface area contributed by atoms with Gasteiger partial charge in [-0.15, -0.1) is 0 Å². The Morgan fingerprint density at radius 3 is 2.69 bits per heavy atom. The van der Waals surface area contributed by atoms with Gasteiger partial charge in [0.2, 0.25) is 0 Å². The van der Waals surface area contributed by atoms with Crippen LogP contribution in [0.1, 0.15) is 75.5 Å². The van der Waals surface area contributed by atoms with Crippen LogP contribution in [0.15, 0.2) is 48.5 Å². The maximum atomic E-state index is 12.9. The Morgan fingerprint density at radius 2 is 1.93 bits per heavy atom. The monoisotopic (exact) mass is 390 g/mol. The lowest BCUT2D eigenvalue weighted by molar-refractivity contribution is -0.132. The van der Waals surface area contributed by atoms with E-state index in [4.69, 9.17) is 4.74 Å². The molecule has 2 aliphatic carbocycles. The highest BCUT2D eigenvalue weighted by Crippen LogP contribution is 2.59. The van der Waals surface area contributed by atoms with E-state index in [1.54, 1.807) is 0 Å². The lowest BCUT2D eigenvalue weighted by Crippen LogP contribution is -2.48. The Hall–Kier alpha value is -2.09. The van der Waals surface area contributed by atoms with Gasteiger partial charge in [-0.05, 0) is 65.3 Å². The van der Waals surface area contributed by atoms with Crippen LogP contribution in [0.25, 0.3) is 0 Å². The summed E-state index contributed by atoms with van der Waals surface area (Å²) in [7, 11) is 0. The number of aryl methyl sites for hydroxylation is 1. The highest BCUT2D eigenvalue weighted by atomic mass is 16.5. The van der Waals surface area contributed by atoms with Crippen LogP contribution in [-0.4, -0.2) is 5.78 Å². The molecule has 4 atom stereocenters. The molecule has 0 bridgehead atoms. The van der Waals surface area contributed by atoms with Crippen LogP contribution in [0, 0.1) is 17.3 Å². The number of Topliss-reactive ketones (excluding diaryl/α,β-unsaturated/α-hetero) is 1. The number of ketones is 1. The summed E-state index contributed by atoms with van der Waals surface area (Å²) >= 11 is 0. The van der Waals surface area contributed by atoms with Gasteiger partial charge in [-0.25, -0.2) is 0 Å². The Bertz CT molecular complexity index is 856. The first-order valence-corrected chi connectivity index (χ1v) is 11.3. The molecule has 1 fully saturated rings. The average molecular weight is 391 g/mol. The van der Waals surface area contributed by atoms with Gasteiger partial charge in [0.1, 0.15) is 18.1 Å². The first-order chi connectivity index (χ1) is 14.0. The smallest absolute Gasteiger partial charge is 0.136 e. The summed E-state index contributed by atoms with van der Waals surface area (Å²) in [5.74, 6) is 2.39. The summed E-state index contributed by atoms with van der Waals surface area (Å²) in [5.41, 5.74) is 4.20. The second-order valence-electron chi connectivity index (χ2n) is 9.42. The molecule has 0 aliphatic heterocycles. The van der Waals surface area contributed by atoms with Gasteiger partial charge in [0.25, 0.3) is 0 Å². The highest BCUT2D eigenvalue weighted by Gasteiger charge is 2.52. The normalized spacial score (nSPS) is 28.5. The molecule has 2 aromatic rings. The summed E-state index contributed by atoms with van der Waals surface area (Å²) in [4.78, 5) is 12.9. The van der Waals surface area contributed by atoms with Crippen LogP contribution in [0.4, 0.5) is 0 Å². The minimum Gasteiger partial charge on any atom is -0.489 e. The van der Waals surface area contributed by atoms with E-state index in [9.17, 15) is 4.79 Å². The third kappa shape index (κ3) is 3.86. The Labute approximate surface area is 175 Å². The zero-order valence-electron chi connectivity index (χ0n) is 18.1. The van der Waals surface area contributed by atoms with E-state index in [-0.39, 0.29) is 11.3 Å². The maximum Gasteiger partial charge on any atom is 0.136 e. The molecule has 0 radical (unpaired) electrons. The number of fused-ring (bicyclic) bond motifs is 3. The molecule has 0 aromatic heterocycles. The van der Waals surface area contributed by atoms with Crippen molar-refractivity contribution in [1.82, 2.24) is 0 Å². The number of benzene rings is 2. The molecule has 29 heavy (non-hydrogen) atoms. The number of rotatable bonds is 6. The van der Waals surface area contributed by atoms with Crippen LogP contribution in [0.2, 0.25) is 0 Å². The van der Waals surface area contributed by atoms with E-state index in [0.29, 0.717) is 24.2 Å². The molecule has 0 N–H and O–H groups in total. The zero-order valence-corrected chi connectivity index (χ0v) is 18.1. The maximum absolute atomic E-state index is 12.9. The molecule has 0 unspecified atom stereocenters. The first-order valence-electron chi connectivity index (χ1n) is 11.3. The molecule has 0 heterocycles. The van der Waals surface area contributed by atoms with Crippen molar-refractivity contribution in [3.05, 3.63) is 65.2 Å². The first kappa shape index (κ1) is 20.2. The fraction of sp³-hybridized carbons (Fsp3) is 0.519. The molecule has 0 saturated heterocycles. The molecule has 4 rings (SSSR count). The molecule has 2 aromatic carbocycles. The summed E-state index contributed by atoms with van der Waals surface area (Å²) in [6, 6.07) is 16.9. The molecule has 154 valence electrons. The van der Waals surface area contributed by atoms with Gasteiger partial charge in [-0.3, -0.25) is 4.79 Å². The van der Waals surface area contributed by atoms with E-state index in [0.717, 1.165) is 18.6 Å². The van der Waals surface area contributed by atoms with E-state index in [1.807, 2.05) is 18.2 Å². The lowest BCUT2D eigenvalue weighted by atomic mass is 9.50. The van der Waals surface area contributed by atoms with E-state index in [1.165, 1.54) is 42.4 Å². The van der Waals surface area contributed by atoms with Crippen molar-refractivity contribution in [3.8, 4) is 5.75 Å². The summed E-state index contributed by atoms with van der Waals surface area (Å²) in [6.45, 7) is 7.47. The molecule has 0 spiro atoms. The molecular formula is C27H34O2. The summed E-state index contributed by atoms with van der Waals surface area (Å²) < 4.78 is 6.07. The Kier molecular flexibility index (Phi) is 5.81. The average Bonchev–Trinajstić information content (AvgIpc) is 2.74. The van der Waals surface area contributed by atoms with E-state index in [2.05, 4.69) is 51.1 Å². The Morgan fingerprint density at radius 1 is 1.14 bits per heavy atom. The van der Waals surface area contributed by atoms with Crippen molar-refractivity contribution in [2.45, 2.75) is 71.8 Å². The van der Waals surface area contributed by atoms with Gasteiger partial charge in [-0.1, -0.05) is 70.0 Å². The molecular weight excluding hydrogens is 356 g/mol. The fourth-order valence-corrected chi connectivity index (χ4v) is 5.88. The van der Waals surface area contributed by atoms with Crippen molar-refractivity contribution < 1.29 is 9.53 Å². The standard InChI is InChI=1S/C27H34O2/c1-4-5-11-22-17-25(28)19(2)26-24-13-12-23(16-21(24)14-15-27(22,26)3)29-18-20-9-7-6-8-10-20/h6-10,12-13,16,19,22,26H,4-5,11,14-15,17-18H2,1-3H3/t19-,22+,26-,27+/m1/s1. The number of ether oxygens (including phenoxy) is 1. The fourth-order valence-electron chi connectivity index (χ4n) is 5.88. The number of carbonyl (C=O) groups is 1. The van der Waals surface area contributed by atoms with Gasteiger partial charge in [0, 0.05) is 12.3 Å². The van der Waals surface area contributed by atoms with Crippen molar-refractivity contribution in [2.24, 2.45) is 17.3 Å². The van der Waals surface area contributed by atoms with E-state index < -0.39 is 0 Å². The van der Waals surface area contributed by atoms with E-state index >= 15 is 0 Å². The predicted octanol–water partition coefficient (Wildman–Crippen LogP) is 6.72. The topological polar surface area (TPSA) is 26.3 Å². The van der Waals surface area contributed by atoms with Gasteiger partial charge < -0.3 is 4.74 Å². The van der Waals surface area contributed by atoms with Crippen molar-refractivity contribution in [1.29, 1.82) is 0 Å². The van der Waals surface area contributed by atoms with Crippen LogP contribution in [0.3, 0.4) is 0 Å². The zero-order chi connectivity index (χ0) is 20.4. The third-order valence-electron chi connectivity index (χ3n) is 7.64. The second-order valence-corrected chi connectivity index (χ2v) is 9.42. The number of carbonyl (C=O) groups excluding carboxylic acids is 1. The van der Waals surface area contributed by atoms with Crippen molar-refractivity contribution in [2.75, 3.05) is 0 Å². The summed E-state index contributed by atoms with van der Waals surface area (Å²) in [6.07, 6.45) is 6.68. The Balaban J connectivity index is 1.58. The quantitative estimate of drug-likeness (QED) is 0.547. The van der Waals surface area contributed by atoms with Crippen LogP contribution < -0.4 is 4.74 Å². The van der Waals surface area contributed by atoms with Crippen LogP contribution in [-0.2, 0) is 17.8 Å². The SMILES string of the molecule is CCCC[C@H]1CC(=O)[C@@H](C)[C@@H]2c3ccc(OCc4ccccc4)cc3CC[C@@]12C. The van der Waals surface area contributed by atoms with Crippen molar-refractivity contribution >= 4 is 5.78 Å². The summed E-state index contributed by atoms with van der Waals surface area (Å²) in [5, 5.41) is 0. The molecule has 0 amide bonds. The highest BCUT2D eigenvalue weighted by molar-refractivity contribution is 5.83. The van der Waals surface area contributed by atoms with Crippen LogP contribution >= 0.6 is 0 Å². The lowest BCUT2D eigenvalue weighted by Gasteiger charge is -2.53. The second kappa shape index (κ2) is 8.34. The predicted molar refractivity (Wildman–Crippen MR) is 118 cm³/mol. The van der Waals surface area contributed by atoms with Crippen LogP contribution in [0.5, 0.6) is 5.75 Å². The minimum atomic E-state index is 0.119. The molecule has 2 aliphatic rings. The number of hydrogen-bond acceptors (Lipinski definition) is 2. The van der Waals surface area contributed by atoms with Gasteiger partial charge in [-0.2, -0.15) is 0 Å². The largest absolute Gasteiger partial charge is 0.489 e. The molecule has 2 heteroatoms.